The molecule has 4 rings (SSSR count). The van der Waals surface area contributed by atoms with E-state index in [-0.39, 0.29) is 28.8 Å². The van der Waals surface area contributed by atoms with Gasteiger partial charge in [-0.05, 0) is 80.5 Å². The molecule has 0 amide bonds. The molecule has 0 aromatic heterocycles. The third-order valence-electron chi connectivity index (χ3n) is 8.59. The third kappa shape index (κ3) is 2.13. The van der Waals surface area contributed by atoms with Crippen LogP contribution in [-0.2, 0) is 4.79 Å². The van der Waals surface area contributed by atoms with Crippen LogP contribution in [0.15, 0.2) is 11.6 Å². The van der Waals surface area contributed by atoms with Crippen LogP contribution >= 0.6 is 0 Å². The fourth-order valence-corrected chi connectivity index (χ4v) is 7.30. The number of Topliss-reactive ketones (excluding diaryl/α,β-unsaturated/α-hetero) is 1. The fraction of sp³-hybridized carbons (Fsp3) is 0.857. The molecule has 0 heterocycles. The van der Waals surface area contributed by atoms with E-state index >= 15 is 0 Å². The molecule has 3 fully saturated rings. The lowest BCUT2D eigenvalue weighted by Gasteiger charge is -2.59. The number of aliphatic hydroxyl groups excluding tert-OH is 2. The van der Waals surface area contributed by atoms with Crippen molar-refractivity contribution >= 4 is 5.78 Å². The number of ketones is 1. The van der Waals surface area contributed by atoms with Gasteiger partial charge in [-0.25, -0.2) is 0 Å². The van der Waals surface area contributed by atoms with Gasteiger partial charge in [0.2, 0.25) is 0 Å². The largest absolute Gasteiger partial charge is 0.393 e. The van der Waals surface area contributed by atoms with Crippen molar-refractivity contribution in [2.45, 2.75) is 77.9 Å². The van der Waals surface area contributed by atoms with E-state index in [9.17, 15) is 15.0 Å². The van der Waals surface area contributed by atoms with Crippen LogP contribution in [0.1, 0.15) is 65.7 Å². The summed E-state index contributed by atoms with van der Waals surface area (Å²) in [5.41, 5.74) is 1.50. The molecule has 8 atom stereocenters. The van der Waals surface area contributed by atoms with Crippen molar-refractivity contribution in [2.75, 3.05) is 0 Å². The fourth-order valence-electron chi connectivity index (χ4n) is 7.30. The zero-order chi connectivity index (χ0) is 17.3. The van der Waals surface area contributed by atoms with E-state index < -0.39 is 6.10 Å². The summed E-state index contributed by atoms with van der Waals surface area (Å²) in [5.74, 6) is 1.77. The summed E-state index contributed by atoms with van der Waals surface area (Å²) in [5, 5.41) is 21.1. The van der Waals surface area contributed by atoms with Gasteiger partial charge in [0.1, 0.15) is 5.78 Å². The second-order valence-electron chi connectivity index (χ2n) is 9.57. The van der Waals surface area contributed by atoms with Crippen molar-refractivity contribution in [1.29, 1.82) is 0 Å². The number of carbonyl (C=O) groups excluding carboxylic acids is 1. The smallest absolute Gasteiger partial charge is 0.133 e. The van der Waals surface area contributed by atoms with Crippen LogP contribution in [0.5, 0.6) is 0 Å². The molecular weight excluding hydrogens is 300 g/mol. The minimum absolute atomic E-state index is 0.0733. The van der Waals surface area contributed by atoms with E-state index in [0.29, 0.717) is 17.6 Å². The minimum atomic E-state index is -0.404. The lowest BCUT2D eigenvalue weighted by Crippen LogP contribution is -2.55. The van der Waals surface area contributed by atoms with Gasteiger partial charge in [0, 0.05) is 5.92 Å². The van der Waals surface area contributed by atoms with Gasteiger partial charge >= 0.3 is 0 Å². The first kappa shape index (κ1) is 16.8. The Morgan fingerprint density at radius 1 is 1.08 bits per heavy atom. The zero-order valence-electron chi connectivity index (χ0n) is 15.3. The van der Waals surface area contributed by atoms with Gasteiger partial charge in [-0.15, -0.1) is 0 Å². The third-order valence-corrected chi connectivity index (χ3v) is 8.59. The van der Waals surface area contributed by atoms with Crippen LogP contribution in [0.2, 0.25) is 0 Å². The Bertz CT molecular complexity index is 582. The van der Waals surface area contributed by atoms with Crippen molar-refractivity contribution in [3.05, 3.63) is 11.6 Å². The molecule has 134 valence electrons. The van der Waals surface area contributed by atoms with Gasteiger partial charge in [-0.1, -0.05) is 25.5 Å². The van der Waals surface area contributed by atoms with Crippen molar-refractivity contribution in [1.82, 2.24) is 0 Å². The molecular formula is C21H32O3. The summed E-state index contributed by atoms with van der Waals surface area (Å²) in [4.78, 5) is 12.2. The van der Waals surface area contributed by atoms with Gasteiger partial charge in [0.15, 0.2) is 0 Å². The maximum absolute atomic E-state index is 12.2. The average molecular weight is 332 g/mol. The Morgan fingerprint density at radius 2 is 1.83 bits per heavy atom. The molecule has 0 aliphatic heterocycles. The van der Waals surface area contributed by atoms with Gasteiger partial charge in [-0.2, -0.15) is 0 Å². The molecule has 3 heteroatoms. The molecule has 0 aromatic rings. The minimum Gasteiger partial charge on any atom is -0.393 e. The van der Waals surface area contributed by atoms with Crippen molar-refractivity contribution in [3.63, 3.8) is 0 Å². The number of rotatable bonds is 1. The van der Waals surface area contributed by atoms with E-state index in [1.165, 1.54) is 5.57 Å². The lowest BCUT2D eigenvalue weighted by atomic mass is 9.46. The Kier molecular flexibility index (Phi) is 3.78. The SMILES string of the molecule is CC(=O)[C@H]1CC[C@@H]2[C@@H]3[C@@H](O)C=C4C[C@@H](O)CC[C@]4(C)[C@H]3CC[C@]12C. The molecule has 3 nitrogen and oxygen atoms in total. The number of hydrogen-bond acceptors (Lipinski definition) is 3. The first-order valence-corrected chi connectivity index (χ1v) is 9.85. The molecule has 0 spiro atoms. The van der Waals surface area contributed by atoms with Crippen molar-refractivity contribution < 1.29 is 15.0 Å². The topological polar surface area (TPSA) is 57.5 Å². The van der Waals surface area contributed by atoms with Crippen molar-refractivity contribution in [3.8, 4) is 0 Å². The van der Waals surface area contributed by atoms with Gasteiger partial charge < -0.3 is 10.2 Å². The van der Waals surface area contributed by atoms with Crippen molar-refractivity contribution in [2.24, 2.45) is 34.5 Å². The van der Waals surface area contributed by atoms with Crippen LogP contribution in [0.3, 0.4) is 0 Å². The first-order chi connectivity index (χ1) is 11.3. The van der Waals surface area contributed by atoms with Gasteiger partial charge in [0.25, 0.3) is 0 Å². The summed E-state index contributed by atoms with van der Waals surface area (Å²) in [7, 11) is 0. The Balaban J connectivity index is 1.71. The molecule has 24 heavy (non-hydrogen) atoms. The summed E-state index contributed by atoms with van der Waals surface area (Å²) in [6.07, 6.45) is 8.39. The normalized spacial score (nSPS) is 53.6. The van der Waals surface area contributed by atoms with Crippen LogP contribution in [-0.4, -0.2) is 28.2 Å². The van der Waals surface area contributed by atoms with E-state index in [4.69, 9.17) is 0 Å². The second-order valence-corrected chi connectivity index (χ2v) is 9.57. The highest BCUT2D eigenvalue weighted by Gasteiger charge is 2.61. The zero-order valence-corrected chi connectivity index (χ0v) is 15.3. The van der Waals surface area contributed by atoms with Crippen LogP contribution in [0, 0.1) is 34.5 Å². The maximum atomic E-state index is 12.2. The van der Waals surface area contributed by atoms with Crippen LogP contribution in [0.4, 0.5) is 0 Å². The standard InChI is InChI=1S/C21H32O3/c1-12(22)15-4-5-16-19-17(7-9-21(15,16)3)20(2)8-6-14(23)10-13(20)11-18(19)24/h11,14-19,23-24H,4-10H2,1-3H3/t14-,15+,16+,17-,18-,19-,20-,21+/m0/s1. The highest BCUT2D eigenvalue weighted by Crippen LogP contribution is 2.66. The van der Waals surface area contributed by atoms with E-state index in [1.807, 2.05) is 0 Å². The number of fused-ring (bicyclic) bond motifs is 5. The molecule has 4 aliphatic rings. The maximum Gasteiger partial charge on any atom is 0.133 e. The van der Waals surface area contributed by atoms with Crippen LogP contribution in [0.25, 0.3) is 0 Å². The first-order valence-electron chi connectivity index (χ1n) is 9.85. The summed E-state index contributed by atoms with van der Waals surface area (Å²) >= 11 is 0. The lowest BCUT2D eigenvalue weighted by molar-refractivity contribution is -0.130. The molecule has 3 saturated carbocycles. The molecule has 0 aromatic carbocycles. The Hall–Kier alpha value is -0.670. The Labute approximate surface area is 145 Å². The summed E-state index contributed by atoms with van der Waals surface area (Å²) in [6, 6.07) is 0. The molecule has 2 N–H and O–H groups in total. The summed E-state index contributed by atoms with van der Waals surface area (Å²) in [6.45, 7) is 6.43. The highest BCUT2D eigenvalue weighted by atomic mass is 16.3. The van der Waals surface area contributed by atoms with E-state index in [2.05, 4.69) is 19.9 Å². The van der Waals surface area contributed by atoms with Crippen LogP contribution < -0.4 is 0 Å². The Morgan fingerprint density at radius 3 is 2.54 bits per heavy atom. The molecule has 4 aliphatic carbocycles. The predicted molar refractivity (Wildman–Crippen MR) is 93.3 cm³/mol. The molecule has 0 bridgehead atoms. The quantitative estimate of drug-likeness (QED) is 0.723. The molecule has 0 radical (unpaired) electrons. The molecule has 0 unspecified atom stereocenters. The monoisotopic (exact) mass is 332 g/mol. The predicted octanol–water partition coefficient (Wildman–Crippen LogP) is 3.49. The summed E-state index contributed by atoms with van der Waals surface area (Å²) < 4.78 is 0. The highest BCUT2D eigenvalue weighted by molar-refractivity contribution is 5.79. The van der Waals surface area contributed by atoms with E-state index in [0.717, 1.165) is 44.9 Å². The van der Waals surface area contributed by atoms with Gasteiger partial charge in [0.05, 0.1) is 12.2 Å². The van der Waals surface area contributed by atoms with Gasteiger partial charge in [-0.3, -0.25) is 4.79 Å². The number of aliphatic hydroxyl groups is 2. The van der Waals surface area contributed by atoms with E-state index in [1.54, 1.807) is 6.92 Å². The number of carbonyl (C=O) groups is 1. The second kappa shape index (κ2) is 5.41. The number of hydrogen-bond donors (Lipinski definition) is 2. The average Bonchev–Trinajstić information content (AvgIpc) is 2.86. The molecule has 0 saturated heterocycles.